The molecule has 3 rings (SSSR count). The first-order valence-corrected chi connectivity index (χ1v) is 6.76. The van der Waals surface area contributed by atoms with E-state index < -0.39 is 0 Å². The van der Waals surface area contributed by atoms with E-state index in [1.807, 2.05) is 42.6 Å². The third-order valence-electron chi connectivity index (χ3n) is 3.16. The molecule has 0 aliphatic carbocycles. The van der Waals surface area contributed by atoms with Gasteiger partial charge in [-0.15, -0.1) is 0 Å². The highest BCUT2D eigenvalue weighted by atomic mass is 14.9. The minimum Gasteiger partial charge on any atom is -0.351 e. The van der Waals surface area contributed by atoms with Crippen LogP contribution >= 0.6 is 0 Å². The number of aromatic amines is 1. The Morgan fingerprint density at radius 2 is 1.81 bits per heavy atom. The van der Waals surface area contributed by atoms with Gasteiger partial charge in [0.15, 0.2) is 0 Å². The van der Waals surface area contributed by atoms with Gasteiger partial charge in [0.2, 0.25) is 0 Å². The van der Waals surface area contributed by atoms with Crippen molar-refractivity contribution in [3.05, 3.63) is 66.6 Å². The van der Waals surface area contributed by atoms with Crippen molar-refractivity contribution in [2.24, 2.45) is 4.99 Å². The van der Waals surface area contributed by atoms with Crippen molar-refractivity contribution in [1.82, 2.24) is 9.97 Å². The number of benzene rings is 2. The number of nitrogens with one attached hydrogen (secondary N) is 2. The minimum atomic E-state index is 0.897. The van der Waals surface area contributed by atoms with Crippen LogP contribution in [0.4, 0.5) is 11.4 Å². The zero-order valence-corrected chi connectivity index (χ0v) is 11.7. The summed E-state index contributed by atoms with van der Waals surface area (Å²) in [5.74, 6) is 0. The molecule has 104 valence electrons. The average molecular weight is 276 g/mol. The molecule has 4 heteroatoms. The van der Waals surface area contributed by atoms with Crippen molar-refractivity contribution in [1.29, 1.82) is 0 Å². The number of rotatable bonds is 4. The Balaban J connectivity index is 1.65. The van der Waals surface area contributed by atoms with Gasteiger partial charge in [-0.25, -0.2) is 9.98 Å². The molecule has 0 bridgehead atoms. The van der Waals surface area contributed by atoms with Crippen molar-refractivity contribution in [2.45, 2.75) is 6.92 Å². The number of anilines is 1. The SMILES string of the molecule is Cc1ccc(NC=Nc2ccc(-c3c[nH]cn3)cc2)cc1. The van der Waals surface area contributed by atoms with Crippen LogP contribution < -0.4 is 5.32 Å². The Morgan fingerprint density at radius 1 is 1.05 bits per heavy atom. The normalized spacial score (nSPS) is 10.9. The Bertz CT molecular complexity index is 710. The minimum absolute atomic E-state index is 0.897. The van der Waals surface area contributed by atoms with Crippen LogP contribution in [0.5, 0.6) is 0 Å². The van der Waals surface area contributed by atoms with Crippen LogP contribution in [-0.4, -0.2) is 16.3 Å². The molecule has 0 spiro atoms. The van der Waals surface area contributed by atoms with Crippen molar-refractivity contribution in [2.75, 3.05) is 5.32 Å². The van der Waals surface area contributed by atoms with Gasteiger partial charge in [-0.2, -0.15) is 0 Å². The number of aliphatic imine (C=N–C) groups is 1. The molecule has 4 nitrogen and oxygen atoms in total. The van der Waals surface area contributed by atoms with E-state index >= 15 is 0 Å². The van der Waals surface area contributed by atoms with Gasteiger partial charge in [0, 0.05) is 17.4 Å². The molecule has 0 unspecified atom stereocenters. The molecule has 0 saturated heterocycles. The van der Waals surface area contributed by atoms with Gasteiger partial charge in [0.1, 0.15) is 0 Å². The Hall–Kier alpha value is -2.88. The van der Waals surface area contributed by atoms with E-state index in [2.05, 4.69) is 39.3 Å². The number of nitrogens with zero attached hydrogens (tertiary/aromatic N) is 2. The fourth-order valence-electron chi connectivity index (χ4n) is 1.97. The molecule has 3 aromatic rings. The third kappa shape index (κ3) is 3.36. The summed E-state index contributed by atoms with van der Waals surface area (Å²) in [5.41, 5.74) is 5.17. The number of hydrogen-bond acceptors (Lipinski definition) is 2. The van der Waals surface area contributed by atoms with Crippen LogP contribution in [0.25, 0.3) is 11.3 Å². The molecule has 21 heavy (non-hydrogen) atoms. The van der Waals surface area contributed by atoms with Crippen LogP contribution in [-0.2, 0) is 0 Å². The summed E-state index contributed by atoms with van der Waals surface area (Å²) >= 11 is 0. The standard InChI is InChI=1S/C17H16N4/c1-13-2-6-15(7-3-13)19-12-20-16-8-4-14(5-9-16)17-10-18-11-21-17/h2-12H,1H3,(H,18,21)(H,19,20). The lowest BCUT2D eigenvalue weighted by Crippen LogP contribution is -1.93. The largest absolute Gasteiger partial charge is 0.351 e. The molecule has 1 heterocycles. The third-order valence-corrected chi connectivity index (χ3v) is 3.16. The van der Waals surface area contributed by atoms with Gasteiger partial charge in [0.05, 0.1) is 24.0 Å². The number of aryl methyl sites for hydroxylation is 1. The molecule has 2 aromatic carbocycles. The van der Waals surface area contributed by atoms with Crippen molar-refractivity contribution in [3.63, 3.8) is 0 Å². The highest BCUT2D eigenvalue weighted by molar-refractivity contribution is 5.78. The van der Waals surface area contributed by atoms with Crippen LogP contribution in [0, 0.1) is 6.92 Å². The first kappa shape index (κ1) is 13.1. The maximum Gasteiger partial charge on any atom is 0.0930 e. The second-order valence-electron chi connectivity index (χ2n) is 4.77. The van der Waals surface area contributed by atoms with E-state index in [1.165, 1.54) is 5.56 Å². The van der Waals surface area contributed by atoms with Gasteiger partial charge in [-0.1, -0.05) is 29.8 Å². The summed E-state index contributed by atoms with van der Waals surface area (Å²) in [6.07, 6.45) is 5.25. The molecule has 0 atom stereocenters. The van der Waals surface area contributed by atoms with Gasteiger partial charge in [-0.3, -0.25) is 0 Å². The van der Waals surface area contributed by atoms with Gasteiger partial charge < -0.3 is 10.3 Å². The quantitative estimate of drug-likeness (QED) is 0.555. The fourth-order valence-corrected chi connectivity index (χ4v) is 1.97. The first-order valence-electron chi connectivity index (χ1n) is 6.76. The van der Waals surface area contributed by atoms with Crippen LogP contribution in [0.1, 0.15) is 5.56 Å². The molecule has 1 aromatic heterocycles. The molecule has 2 N–H and O–H groups in total. The van der Waals surface area contributed by atoms with Crippen molar-refractivity contribution in [3.8, 4) is 11.3 Å². The predicted octanol–water partition coefficient (Wildman–Crippen LogP) is 4.16. The number of aromatic nitrogens is 2. The Morgan fingerprint density at radius 3 is 2.48 bits per heavy atom. The molecule has 0 amide bonds. The van der Waals surface area contributed by atoms with Crippen LogP contribution in [0.15, 0.2) is 66.0 Å². The van der Waals surface area contributed by atoms with Gasteiger partial charge in [-0.05, 0) is 31.2 Å². The topological polar surface area (TPSA) is 53.1 Å². The second-order valence-corrected chi connectivity index (χ2v) is 4.77. The van der Waals surface area contributed by atoms with E-state index in [0.717, 1.165) is 22.6 Å². The molecule has 0 fully saturated rings. The van der Waals surface area contributed by atoms with Crippen molar-refractivity contribution < 1.29 is 0 Å². The number of H-pyrrole nitrogens is 1. The lowest BCUT2D eigenvalue weighted by Gasteiger charge is -2.01. The van der Waals surface area contributed by atoms with Gasteiger partial charge >= 0.3 is 0 Å². The zero-order chi connectivity index (χ0) is 14.5. The van der Waals surface area contributed by atoms with E-state index in [9.17, 15) is 0 Å². The predicted molar refractivity (Wildman–Crippen MR) is 87.0 cm³/mol. The number of imidazole rings is 1. The lowest BCUT2D eigenvalue weighted by atomic mass is 10.1. The highest BCUT2D eigenvalue weighted by Gasteiger charge is 1.98. The van der Waals surface area contributed by atoms with E-state index in [4.69, 9.17) is 0 Å². The highest BCUT2D eigenvalue weighted by Crippen LogP contribution is 2.20. The molecular formula is C17H16N4. The number of hydrogen-bond donors (Lipinski definition) is 2. The summed E-state index contributed by atoms with van der Waals surface area (Å²) in [6, 6.07) is 16.1. The molecule has 0 aliphatic heterocycles. The zero-order valence-electron chi connectivity index (χ0n) is 11.7. The Kier molecular flexibility index (Phi) is 3.78. The van der Waals surface area contributed by atoms with E-state index in [0.29, 0.717) is 0 Å². The maximum absolute atomic E-state index is 4.38. The maximum atomic E-state index is 4.38. The monoisotopic (exact) mass is 276 g/mol. The van der Waals surface area contributed by atoms with E-state index in [-0.39, 0.29) is 0 Å². The second kappa shape index (κ2) is 6.05. The summed E-state index contributed by atoms with van der Waals surface area (Å²) in [4.78, 5) is 11.5. The van der Waals surface area contributed by atoms with Gasteiger partial charge in [0.25, 0.3) is 0 Å². The molecule has 0 radical (unpaired) electrons. The molecular weight excluding hydrogens is 260 g/mol. The summed E-state index contributed by atoms with van der Waals surface area (Å²) < 4.78 is 0. The van der Waals surface area contributed by atoms with Crippen LogP contribution in [0.2, 0.25) is 0 Å². The van der Waals surface area contributed by atoms with E-state index in [1.54, 1.807) is 12.7 Å². The smallest absolute Gasteiger partial charge is 0.0930 e. The van der Waals surface area contributed by atoms with Crippen LogP contribution in [0.3, 0.4) is 0 Å². The first-order chi connectivity index (χ1) is 10.3. The average Bonchev–Trinajstić information content (AvgIpc) is 3.04. The molecule has 0 aliphatic rings. The summed E-state index contributed by atoms with van der Waals surface area (Å²) in [6.45, 7) is 2.07. The summed E-state index contributed by atoms with van der Waals surface area (Å²) in [5, 5.41) is 3.15. The fraction of sp³-hybridized carbons (Fsp3) is 0.0588. The Labute approximate surface area is 123 Å². The van der Waals surface area contributed by atoms with Crippen molar-refractivity contribution >= 4 is 17.7 Å². The summed E-state index contributed by atoms with van der Waals surface area (Å²) in [7, 11) is 0. The lowest BCUT2D eigenvalue weighted by molar-refractivity contribution is 1.31. The molecule has 0 saturated carbocycles.